The fourth-order valence-electron chi connectivity index (χ4n) is 1.75. The number of ether oxygens (including phenoxy) is 1. The van der Waals surface area contributed by atoms with Crippen molar-refractivity contribution < 1.29 is 14.3 Å². The molecule has 1 amide bonds. The highest BCUT2D eigenvalue weighted by Gasteiger charge is 2.13. The Bertz CT molecular complexity index is 308. The van der Waals surface area contributed by atoms with Crippen LogP contribution in [0.3, 0.4) is 0 Å². The first-order valence-electron chi connectivity index (χ1n) is 6.17. The van der Waals surface area contributed by atoms with Gasteiger partial charge < -0.3 is 9.64 Å². The normalized spacial score (nSPS) is 15.8. The second kappa shape index (κ2) is 7.09. The minimum atomic E-state index is -0.251. The Balaban J connectivity index is 2.29. The lowest BCUT2D eigenvalue weighted by Crippen LogP contribution is -2.23. The molecule has 1 aliphatic carbocycles. The number of esters is 1. The smallest absolute Gasteiger partial charge is 0.333 e. The summed E-state index contributed by atoms with van der Waals surface area (Å²) < 4.78 is 5.10. The van der Waals surface area contributed by atoms with Gasteiger partial charge in [-0.25, -0.2) is 4.79 Å². The molecule has 17 heavy (non-hydrogen) atoms. The molecular formula is C13H21NO3. The van der Waals surface area contributed by atoms with E-state index in [1.165, 1.54) is 11.3 Å². The summed E-state index contributed by atoms with van der Waals surface area (Å²) in [6.45, 7) is 0.174. The van der Waals surface area contributed by atoms with Gasteiger partial charge in [0.05, 0.1) is 6.42 Å². The van der Waals surface area contributed by atoms with Gasteiger partial charge in [-0.05, 0) is 25.7 Å². The zero-order chi connectivity index (χ0) is 12.7. The van der Waals surface area contributed by atoms with E-state index in [-0.39, 0.29) is 24.9 Å². The third-order valence-corrected chi connectivity index (χ3v) is 2.85. The minimum absolute atomic E-state index is 0.0207. The topological polar surface area (TPSA) is 46.6 Å². The predicted molar refractivity (Wildman–Crippen MR) is 65.4 cm³/mol. The number of allylic oxidation sites excluding steroid dienone is 1. The van der Waals surface area contributed by atoms with E-state index in [1.807, 2.05) is 6.08 Å². The molecule has 0 saturated heterocycles. The summed E-state index contributed by atoms with van der Waals surface area (Å²) in [7, 11) is 3.38. The van der Waals surface area contributed by atoms with Gasteiger partial charge in [-0.1, -0.05) is 12.5 Å². The van der Waals surface area contributed by atoms with E-state index in [9.17, 15) is 9.59 Å². The van der Waals surface area contributed by atoms with Crippen LogP contribution in [-0.4, -0.2) is 37.5 Å². The number of carbonyl (C=O) groups is 2. The zero-order valence-electron chi connectivity index (χ0n) is 10.7. The quantitative estimate of drug-likeness (QED) is 0.704. The average molecular weight is 239 g/mol. The summed E-state index contributed by atoms with van der Waals surface area (Å²) >= 11 is 0. The van der Waals surface area contributed by atoms with Crippen molar-refractivity contribution in [3.63, 3.8) is 0 Å². The van der Waals surface area contributed by atoms with Crippen LogP contribution in [0.25, 0.3) is 0 Å². The molecule has 0 spiro atoms. The second-order valence-electron chi connectivity index (χ2n) is 4.50. The van der Waals surface area contributed by atoms with E-state index in [0.717, 1.165) is 31.3 Å². The van der Waals surface area contributed by atoms with E-state index < -0.39 is 0 Å². The lowest BCUT2D eigenvalue weighted by Gasteiger charge is -2.10. The highest BCUT2D eigenvalue weighted by molar-refractivity contribution is 5.88. The van der Waals surface area contributed by atoms with Gasteiger partial charge in [0, 0.05) is 19.7 Å². The molecule has 0 saturated carbocycles. The van der Waals surface area contributed by atoms with E-state index in [0.29, 0.717) is 0 Å². The van der Waals surface area contributed by atoms with Crippen molar-refractivity contribution in [2.45, 2.75) is 38.5 Å². The van der Waals surface area contributed by atoms with Crippen molar-refractivity contribution >= 4 is 11.9 Å². The maximum atomic E-state index is 11.7. The maximum absolute atomic E-state index is 11.7. The summed E-state index contributed by atoms with van der Waals surface area (Å²) in [6, 6.07) is 0. The Morgan fingerprint density at radius 2 is 2.06 bits per heavy atom. The first-order chi connectivity index (χ1) is 8.11. The van der Waals surface area contributed by atoms with Gasteiger partial charge in [0.25, 0.3) is 0 Å². The number of amides is 1. The molecule has 0 bridgehead atoms. The number of rotatable bonds is 4. The third-order valence-electron chi connectivity index (χ3n) is 2.85. The molecule has 0 radical (unpaired) electrons. The van der Waals surface area contributed by atoms with Crippen LogP contribution in [0.5, 0.6) is 0 Å². The van der Waals surface area contributed by atoms with Gasteiger partial charge in [-0.2, -0.15) is 0 Å². The summed E-state index contributed by atoms with van der Waals surface area (Å²) in [5, 5.41) is 0. The SMILES string of the molecule is CN(C)C(=O)CCOC(=O)C1=CCCCCC1. The molecule has 1 aliphatic rings. The van der Waals surface area contributed by atoms with Gasteiger partial charge in [0.2, 0.25) is 5.91 Å². The standard InChI is InChI=1S/C13H21NO3/c1-14(2)12(15)9-10-17-13(16)11-7-5-3-4-6-8-11/h7H,3-6,8-10H2,1-2H3. The number of nitrogens with zero attached hydrogens (tertiary/aromatic N) is 1. The second-order valence-corrected chi connectivity index (χ2v) is 4.50. The van der Waals surface area contributed by atoms with Gasteiger partial charge >= 0.3 is 5.97 Å². The van der Waals surface area contributed by atoms with Crippen LogP contribution in [0.4, 0.5) is 0 Å². The molecule has 0 aromatic carbocycles. The predicted octanol–water partition coefficient (Wildman–Crippen LogP) is 1.90. The molecular weight excluding hydrogens is 218 g/mol. The van der Waals surface area contributed by atoms with Crippen molar-refractivity contribution in [3.8, 4) is 0 Å². The molecule has 96 valence electrons. The van der Waals surface area contributed by atoms with Crippen LogP contribution in [-0.2, 0) is 14.3 Å². The van der Waals surface area contributed by atoms with Gasteiger partial charge in [-0.3, -0.25) is 4.79 Å². The van der Waals surface area contributed by atoms with Crippen molar-refractivity contribution in [2.24, 2.45) is 0 Å². The summed E-state index contributed by atoms with van der Waals surface area (Å²) in [5.74, 6) is -0.272. The molecule has 0 atom stereocenters. The van der Waals surface area contributed by atoms with E-state index in [1.54, 1.807) is 14.1 Å². The Morgan fingerprint density at radius 3 is 2.76 bits per heavy atom. The molecule has 1 rings (SSSR count). The minimum Gasteiger partial charge on any atom is -0.462 e. The highest BCUT2D eigenvalue weighted by Crippen LogP contribution is 2.18. The number of hydrogen-bond acceptors (Lipinski definition) is 3. The summed E-state index contributed by atoms with van der Waals surface area (Å²) in [5.41, 5.74) is 0.778. The summed E-state index contributed by atoms with van der Waals surface area (Å²) in [4.78, 5) is 24.5. The Hall–Kier alpha value is -1.32. The van der Waals surface area contributed by atoms with Gasteiger partial charge in [-0.15, -0.1) is 0 Å². The Kier molecular flexibility index (Phi) is 5.73. The van der Waals surface area contributed by atoms with Crippen molar-refractivity contribution in [1.82, 2.24) is 4.90 Å². The zero-order valence-corrected chi connectivity index (χ0v) is 10.7. The molecule has 0 N–H and O–H groups in total. The largest absolute Gasteiger partial charge is 0.462 e. The van der Waals surface area contributed by atoms with Gasteiger partial charge in [0.1, 0.15) is 6.61 Å². The van der Waals surface area contributed by atoms with Crippen molar-refractivity contribution in [2.75, 3.05) is 20.7 Å². The first-order valence-corrected chi connectivity index (χ1v) is 6.17. The van der Waals surface area contributed by atoms with Gasteiger partial charge in [0.15, 0.2) is 0 Å². The fraction of sp³-hybridized carbons (Fsp3) is 0.692. The highest BCUT2D eigenvalue weighted by atomic mass is 16.5. The molecule has 0 unspecified atom stereocenters. The van der Waals surface area contributed by atoms with Crippen LogP contribution in [0.15, 0.2) is 11.6 Å². The van der Waals surface area contributed by atoms with Crippen LogP contribution in [0.1, 0.15) is 38.5 Å². The van der Waals surface area contributed by atoms with E-state index in [2.05, 4.69) is 0 Å². The monoisotopic (exact) mass is 239 g/mol. The fourth-order valence-corrected chi connectivity index (χ4v) is 1.75. The van der Waals surface area contributed by atoms with Crippen molar-refractivity contribution in [3.05, 3.63) is 11.6 Å². The maximum Gasteiger partial charge on any atom is 0.333 e. The molecule has 0 heterocycles. The van der Waals surface area contributed by atoms with E-state index in [4.69, 9.17) is 4.74 Å². The van der Waals surface area contributed by atoms with Crippen LogP contribution in [0, 0.1) is 0 Å². The van der Waals surface area contributed by atoms with Crippen LogP contribution >= 0.6 is 0 Å². The Labute approximate surface area is 103 Å². The molecule has 0 aliphatic heterocycles. The number of hydrogen-bond donors (Lipinski definition) is 0. The summed E-state index contributed by atoms with van der Waals surface area (Å²) in [6.07, 6.45) is 7.37. The average Bonchev–Trinajstić information content (AvgIpc) is 2.57. The molecule has 0 fully saturated rings. The lowest BCUT2D eigenvalue weighted by atomic mass is 10.1. The van der Waals surface area contributed by atoms with Crippen LogP contribution < -0.4 is 0 Å². The first kappa shape index (κ1) is 13.7. The molecule has 4 heteroatoms. The lowest BCUT2D eigenvalue weighted by molar-refractivity contribution is -0.141. The molecule has 0 aromatic rings. The Morgan fingerprint density at radius 1 is 1.29 bits per heavy atom. The number of carbonyl (C=O) groups excluding carboxylic acids is 2. The van der Waals surface area contributed by atoms with E-state index >= 15 is 0 Å². The third kappa shape index (κ3) is 5.02. The van der Waals surface area contributed by atoms with Crippen molar-refractivity contribution in [1.29, 1.82) is 0 Å². The van der Waals surface area contributed by atoms with Crippen LogP contribution in [0.2, 0.25) is 0 Å². The molecule has 0 aromatic heterocycles. The molecule has 4 nitrogen and oxygen atoms in total.